The Hall–Kier alpha value is -1.48. The lowest BCUT2D eigenvalue weighted by Gasteiger charge is -2.40. The van der Waals surface area contributed by atoms with Gasteiger partial charge in [0.1, 0.15) is 0 Å². The smallest absolute Gasteiger partial charge is 0.223 e. The number of hydrogen-bond donors (Lipinski definition) is 1. The van der Waals surface area contributed by atoms with Gasteiger partial charge < -0.3 is 19.7 Å². The molecular weight excluding hydrogens is 430 g/mol. The third-order valence-corrected chi connectivity index (χ3v) is 8.13. The van der Waals surface area contributed by atoms with Crippen LogP contribution in [0.2, 0.25) is 0 Å². The maximum Gasteiger partial charge on any atom is 0.223 e. The van der Waals surface area contributed by atoms with Crippen LogP contribution >= 0.6 is 0 Å². The number of carbonyl (C=O) groups excluding carboxylic acids is 1. The summed E-state index contributed by atoms with van der Waals surface area (Å²) in [6, 6.07) is 0. The van der Waals surface area contributed by atoms with Gasteiger partial charge in [-0.25, -0.2) is 0 Å². The maximum absolute atomic E-state index is 12.9. The number of methoxy groups -OCH3 is 2. The van der Waals surface area contributed by atoms with Crippen molar-refractivity contribution in [2.75, 3.05) is 61.2 Å². The molecular formula is C26H45N5O3. The van der Waals surface area contributed by atoms with Gasteiger partial charge in [0, 0.05) is 57.8 Å². The molecule has 3 aliphatic rings. The van der Waals surface area contributed by atoms with Gasteiger partial charge in [0.2, 0.25) is 5.91 Å². The summed E-state index contributed by atoms with van der Waals surface area (Å²) < 4.78 is 13.4. The van der Waals surface area contributed by atoms with Crippen LogP contribution in [0.15, 0.2) is 0 Å². The molecule has 8 nitrogen and oxygen atoms in total. The summed E-state index contributed by atoms with van der Waals surface area (Å²) in [6.45, 7) is 6.61. The molecule has 0 atom stereocenters. The van der Waals surface area contributed by atoms with E-state index in [0.717, 1.165) is 78.0 Å². The van der Waals surface area contributed by atoms with Crippen molar-refractivity contribution in [3.05, 3.63) is 17.0 Å². The van der Waals surface area contributed by atoms with Gasteiger partial charge in [-0.05, 0) is 64.5 Å². The summed E-state index contributed by atoms with van der Waals surface area (Å²) in [5, 5.41) is 8.37. The molecule has 0 saturated heterocycles. The Morgan fingerprint density at radius 2 is 1.85 bits per heavy atom. The van der Waals surface area contributed by atoms with Gasteiger partial charge in [-0.15, -0.1) is 0 Å². The first-order valence-electron chi connectivity index (χ1n) is 13.2. The average Bonchev–Trinajstić information content (AvgIpc) is 3.57. The van der Waals surface area contributed by atoms with E-state index < -0.39 is 0 Å². The van der Waals surface area contributed by atoms with Gasteiger partial charge in [0.15, 0.2) is 0 Å². The van der Waals surface area contributed by atoms with Crippen molar-refractivity contribution < 1.29 is 14.3 Å². The molecule has 0 radical (unpaired) electrons. The second-order valence-corrected chi connectivity index (χ2v) is 11.0. The highest BCUT2D eigenvalue weighted by Gasteiger charge is 2.39. The minimum Gasteiger partial charge on any atom is -0.384 e. The number of likely N-dealkylation sites (N-methyl/N-ethyl adjacent to an activating group) is 2. The molecule has 0 aromatic carbocycles. The molecule has 2 heterocycles. The summed E-state index contributed by atoms with van der Waals surface area (Å²) in [4.78, 5) is 17.4. The van der Waals surface area contributed by atoms with Crippen molar-refractivity contribution in [3.8, 4) is 0 Å². The van der Waals surface area contributed by atoms with Crippen LogP contribution in [0.1, 0.15) is 67.8 Å². The molecule has 1 N–H and O–H groups in total. The molecule has 2 fully saturated rings. The summed E-state index contributed by atoms with van der Waals surface area (Å²) in [5.74, 6) is 1.44. The third kappa shape index (κ3) is 6.01. The van der Waals surface area contributed by atoms with E-state index in [1.165, 1.54) is 29.8 Å². The largest absolute Gasteiger partial charge is 0.384 e. The molecule has 2 saturated carbocycles. The minimum absolute atomic E-state index is 0.114. The van der Waals surface area contributed by atoms with Gasteiger partial charge in [-0.3, -0.25) is 14.4 Å². The van der Waals surface area contributed by atoms with Crippen LogP contribution in [0.25, 0.3) is 0 Å². The number of nitrogens with one attached hydrogen (secondary N) is 1. The van der Waals surface area contributed by atoms with Crippen LogP contribution in [0, 0.1) is 11.3 Å². The lowest BCUT2D eigenvalue weighted by atomic mass is 9.69. The van der Waals surface area contributed by atoms with Crippen molar-refractivity contribution in [1.82, 2.24) is 24.9 Å². The lowest BCUT2D eigenvalue weighted by molar-refractivity contribution is -0.133. The van der Waals surface area contributed by atoms with E-state index in [9.17, 15) is 4.79 Å². The van der Waals surface area contributed by atoms with Gasteiger partial charge >= 0.3 is 0 Å². The van der Waals surface area contributed by atoms with E-state index in [2.05, 4.69) is 26.8 Å². The second-order valence-electron chi connectivity index (χ2n) is 11.0. The lowest BCUT2D eigenvalue weighted by Crippen LogP contribution is -2.39. The van der Waals surface area contributed by atoms with Gasteiger partial charge in [-0.2, -0.15) is 5.10 Å². The topological polar surface area (TPSA) is 71.9 Å². The zero-order valence-corrected chi connectivity index (χ0v) is 21.8. The van der Waals surface area contributed by atoms with Crippen LogP contribution in [0.3, 0.4) is 0 Å². The molecule has 1 aromatic rings. The Morgan fingerprint density at radius 3 is 2.47 bits per heavy atom. The van der Waals surface area contributed by atoms with E-state index in [1.807, 2.05) is 7.05 Å². The predicted octanol–water partition coefficient (Wildman–Crippen LogP) is 2.61. The van der Waals surface area contributed by atoms with Crippen molar-refractivity contribution in [1.29, 1.82) is 0 Å². The minimum atomic E-state index is 0.114. The standard InChI is InChI=1S/C26H45N5O3/c1-27-11-12-29(2)16-22-25(21-7-9-26(10-8-21,18-33-3)19-34-4)23-17-30(13-14-31(23)28-22)24(32)15-20-5-6-20/h20-21,27H,5-19H2,1-4H3. The molecule has 1 aromatic heterocycles. The number of aromatic nitrogens is 2. The first-order valence-corrected chi connectivity index (χ1v) is 13.2. The van der Waals surface area contributed by atoms with Crippen molar-refractivity contribution in [2.45, 2.75) is 70.5 Å². The van der Waals surface area contributed by atoms with Crippen molar-refractivity contribution in [3.63, 3.8) is 0 Å². The molecule has 2 aliphatic carbocycles. The van der Waals surface area contributed by atoms with Crippen LogP contribution in [0.5, 0.6) is 0 Å². The van der Waals surface area contributed by atoms with Crippen LogP contribution < -0.4 is 5.32 Å². The average molecular weight is 476 g/mol. The van der Waals surface area contributed by atoms with E-state index in [-0.39, 0.29) is 5.41 Å². The number of rotatable bonds is 12. The molecule has 0 spiro atoms. The number of ether oxygens (including phenoxy) is 2. The zero-order chi connectivity index (χ0) is 24.1. The highest BCUT2D eigenvalue weighted by Crippen LogP contribution is 2.46. The highest BCUT2D eigenvalue weighted by atomic mass is 16.5. The summed E-state index contributed by atoms with van der Waals surface area (Å²) >= 11 is 0. The summed E-state index contributed by atoms with van der Waals surface area (Å²) in [5.41, 5.74) is 4.02. The van der Waals surface area contributed by atoms with Gasteiger partial charge in [0.05, 0.1) is 37.7 Å². The Balaban J connectivity index is 1.55. The fraction of sp³-hybridized carbons (Fsp3) is 0.846. The highest BCUT2D eigenvalue weighted by molar-refractivity contribution is 5.76. The molecule has 1 aliphatic heterocycles. The Kier molecular flexibility index (Phi) is 8.66. The summed E-state index contributed by atoms with van der Waals surface area (Å²) in [6.07, 6.45) is 7.61. The third-order valence-electron chi connectivity index (χ3n) is 8.13. The maximum atomic E-state index is 12.9. The molecule has 4 rings (SSSR count). The molecule has 0 bridgehead atoms. The van der Waals surface area contributed by atoms with Crippen molar-refractivity contribution in [2.24, 2.45) is 11.3 Å². The van der Waals surface area contributed by atoms with E-state index in [1.54, 1.807) is 14.2 Å². The molecule has 1 amide bonds. The fourth-order valence-electron chi connectivity index (χ4n) is 5.99. The van der Waals surface area contributed by atoms with E-state index in [0.29, 0.717) is 24.3 Å². The van der Waals surface area contributed by atoms with Gasteiger partial charge in [0.25, 0.3) is 0 Å². The van der Waals surface area contributed by atoms with Crippen LogP contribution in [-0.4, -0.2) is 86.7 Å². The number of hydrogen-bond acceptors (Lipinski definition) is 6. The second kappa shape index (κ2) is 11.5. The SMILES string of the molecule is CNCCN(C)Cc1nn2c(c1C1CCC(COC)(COC)CC1)CN(C(=O)CC1CC1)CC2. The van der Waals surface area contributed by atoms with Crippen LogP contribution in [0.4, 0.5) is 0 Å². The molecule has 8 heteroatoms. The van der Waals surface area contributed by atoms with Gasteiger partial charge in [-0.1, -0.05) is 0 Å². The van der Waals surface area contributed by atoms with E-state index >= 15 is 0 Å². The summed E-state index contributed by atoms with van der Waals surface area (Å²) in [7, 11) is 7.76. The molecule has 0 unspecified atom stereocenters. The fourth-order valence-corrected chi connectivity index (χ4v) is 5.99. The predicted molar refractivity (Wildman–Crippen MR) is 133 cm³/mol. The Labute approximate surface area is 205 Å². The first-order chi connectivity index (χ1) is 16.5. The monoisotopic (exact) mass is 475 g/mol. The zero-order valence-electron chi connectivity index (χ0n) is 21.8. The van der Waals surface area contributed by atoms with Crippen LogP contribution in [-0.2, 0) is 33.9 Å². The Morgan fingerprint density at radius 1 is 1.15 bits per heavy atom. The normalized spacial score (nSPS) is 20.7. The van der Waals surface area contributed by atoms with Crippen molar-refractivity contribution >= 4 is 5.91 Å². The number of nitrogens with zero attached hydrogens (tertiary/aromatic N) is 4. The molecule has 192 valence electrons. The molecule has 34 heavy (non-hydrogen) atoms. The first kappa shape index (κ1) is 25.6. The Bertz CT molecular complexity index is 806. The number of carbonyl (C=O) groups is 1. The van der Waals surface area contributed by atoms with E-state index in [4.69, 9.17) is 14.6 Å². The number of fused-ring (bicyclic) bond motifs is 1. The quantitative estimate of drug-likeness (QED) is 0.501. The number of amides is 1.